The summed E-state index contributed by atoms with van der Waals surface area (Å²) in [6, 6.07) is 13.9. The Balaban J connectivity index is 0.000000329. The first kappa shape index (κ1) is 39.2. The molecule has 12 nitrogen and oxygen atoms in total. The third-order valence-corrected chi connectivity index (χ3v) is 7.47. The molecule has 0 aliphatic carbocycles. The molecule has 0 unspecified atom stereocenters. The van der Waals surface area contributed by atoms with E-state index in [0.29, 0.717) is 18.7 Å². The molecule has 0 spiro atoms. The maximum Gasteiger partial charge on any atom is 0.534 e. The van der Waals surface area contributed by atoms with Crippen molar-refractivity contribution in [1.82, 2.24) is 15.2 Å². The molecule has 2 aromatic carbocycles. The van der Waals surface area contributed by atoms with Crippen molar-refractivity contribution in [2.45, 2.75) is 25.3 Å². The number of nitrogens with one attached hydrogen (secondary N) is 2. The second-order valence-electron chi connectivity index (χ2n) is 9.59. The van der Waals surface area contributed by atoms with Gasteiger partial charge in [0.25, 0.3) is 5.91 Å². The minimum atomic E-state index is -5.79. The molecule has 0 bridgehead atoms. The van der Waals surface area contributed by atoms with Crippen molar-refractivity contribution in [3.05, 3.63) is 88.2 Å². The number of halogens is 4. The fourth-order valence-corrected chi connectivity index (χ4v) is 4.46. The largest absolute Gasteiger partial charge is 0.534 e. The topological polar surface area (TPSA) is 162 Å². The first-order valence-corrected chi connectivity index (χ1v) is 15.8. The summed E-state index contributed by atoms with van der Waals surface area (Å²) in [4.78, 5) is 35.9. The Morgan fingerprint density at radius 1 is 0.915 bits per heavy atom. The van der Waals surface area contributed by atoms with E-state index in [-0.39, 0.29) is 61.6 Å². The number of hydrogen-bond acceptors (Lipinski definition) is 9. The third kappa shape index (κ3) is 13.0. The van der Waals surface area contributed by atoms with Crippen LogP contribution in [0.15, 0.2) is 60.8 Å². The number of hydrogen-bond donors (Lipinski definition) is 3. The van der Waals surface area contributed by atoms with Crippen molar-refractivity contribution in [1.29, 1.82) is 0 Å². The Morgan fingerprint density at radius 3 is 2.11 bits per heavy atom. The van der Waals surface area contributed by atoms with Gasteiger partial charge in [-0.05, 0) is 42.3 Å². The Morgan fingerprint density at radius 2 is 1.53 bits per heavy atom. The number of aliphatic hydroxyl groups is 1. The lowest BCUT2D eigenvalue weighted by atomic mass is 10.1. The van der Waals surface area contributed by atoms with Crippen molar-refractivity contribution < 1.29 is 54.7 Å². The zero-order valence-corrected chi connectivity index (χ0v) is 27.1. The van der Waals surface area contributed by atoms with E-state index in [2.05, 4.69) is 14.8 Å². The molecule has 2 amide bonds. The van der Waals surface area contributed by atoms with E-state index in [0.717, 1.165) is 23.4 Å². The van der Waals surface area contributed by atoms with Gasteiger partial charge in [-0.2, -0.15) is 21.6 Å². The van der Waals surface area contributed by atoms with Gasteiger partial charge >= 0.3 is 15.6 Å². The van der Waals surface area contributed by atoms with Crippen molar-refractivity contribution in [2.75, 3.05) is 46.6 Å². The second-order valence-corrected chi connectivity index (χ2v) is 11.5. The predicted molar refractivity (Wildman–Crippen MR) is 166 cm³/mol. The van der Waals surface area contributed by atoms with Crippen LogP contribution in [0.3, 0.4) is 0 Å². The molecule has 3 rings (SSSR count). The van der Waals surface area contributed by atoms with Gasteiger partial charge in [0.1, 0.15) is 5.75 Å². The molecule has 0 radical (unpaired) electrons. The van der Waals surface area contributed by atoms with Gasteiger partial charge in [-0.15, -0.1) is 0 Å². The molecule has 47 heavy (non-hydrogen) atoms. The molecule has 0 aliphatic rings. The van der Waals surface area contributed by atoms with Crippen LogP contribution in [0.25, 0.3) is 0 Å². The average Bonchev–Trinajstić information content (AvgIpc) is 3.37. The number of amides is 2. The fourth-order valence-electron chi connectivity index (χ4n) is 3.77. The number of alkyl halides is 3. The summed E-state index contributed by atoms with van der Waals surface area (Å²) >= 11 is 5.83. The Bertz CT molecular complexity index is 1580. The SMILES string of the molecule is COCCNC(=O)Cc1ccn(C(=O)c2ccccc2)c1C.O=C(Cc1ccc(OS(=O)(=O)C(F)(F)F)cc1Cl)NCCOCCO. The van der Waals surface area contributed by atoms with Crippen LogP contribution in [-0.4, -0.2) is 87.9 Å². The van der Waals surface area contributed by atoms with E-state index in [9.17, 15) is 36.0 Å². The molecule has 0 fully saturated rings. The van der Waals surface area contributed by atoms with Gasteiger partial charge in [0.15, 0.2) is 0 Å². The number of rotatable bonds is 15. The molecule has 0 saturated carbocycles. The van der Waals surface area contributed by atoms with Gasteiger partial charge in [0, 0.05) is 48.7 Å². The number of methoxy groups -OCH3 is 1. The Hall–Kier alpha value is -3.96. The van der Waals surface area contributed by atoms with Gasteiger partial charge in [-0.1, -0.05) is 35.9 Å². The number of ether oxygens (including phenoxy) is 2. The summed E-state index contributed by atoms with van der Waals surface area (Å²) in [5.74, 6) is -1.22. The minimum absolute atomic E-state index is 0.0786. The zero-order chi connectivity index (χ0) is 35.0. The average molecular weight is 706 g/mol. The smallest absolute Gasteiger partial charge is 0.394 e. The van der Waals surface area contributed by atoms with Crippen molar-refractivity contribution in [2.24, 2.45) is 0 Å². The molecular formula is C30H35ClF3N3O9S. The van der Waals surface area contributed by atoms with Crippen LogP contribution in [0.1, 0.15) is 27.2 Å². The minimum Gasteiger partial charge on any atom is -0.394 e. The van der Waals surface area contributed by atoms with Crippen LogP contribution in [0, 0.1) is 6.92 Å². The van der Waals surface area contributed by atoms with Crippen LogP contribution < -0.4 is 14.8 Å². The summed E-state index contributed by atoms with van der Waals surface area (Å²) in [6.07, 6.45) is 1.79. The third-order valence-electron chi connectivity index (χ3n) is 6.14. The van der Waals surface area contributed by atoms with Crippen LogP contribution in [0.4, 0.5) is 13.2 Å². The number of aromatic nitrogens is 1. The normalized spacial score (nSPS) is 11.3. The van der Waals surface area contributed by atoms with Gasteiger partial charge in [-0.3, -0.25) is 19.0 Å². The quantitative estimate of drug-likeness (QED) is 0.123. The molecular weight excluding hydrogens is 671 g/mol. The molecule has 0 saturated heterocycles. The number of carbonyl (C=O) groups is 3. The molecule has 1 aromatic heterocycles. The van der Waals surface area contributed by atoms with Crippen LogP contribution in [0.5, 0.6) is 5.75 Å². The van der Waals surface area contributed by atoms with E-state index in [1.165, 1.54) is 6.07 Å². The lowest BCUT2D eigenvalue weighted by Crippen LogP contribution is -2.29. The monoisotopic (exact) mass is 705 g/mol. The number of carbonyl (C=O) groups excluding carboxylic acids is 3. The molecule has 17 heteroatoms. The highest BCUT2D eigenvalue weighted by atomic mass is 35.5. The molecule has 0 aliphatic heterocycles. The molecule has 3 aromatic rings. The van der Waals surface area contributed by atoms with Crippen molar-refractivity contribution >= 4 is 39.4 Å². The molecule has 1 heterocycles. The summed E-state index contributed by atoms with van der Waals surface area (Å²) < 4.78 is 73.9. The van der Waals surface area contributed by atoms with E-state index >= 15 is 0 Å². The maximum absolute atomic E-state index is 12.4. The van der Waals surface area contributed by atoms with Gasteiger partial charge in [0.05, 0.1) is 39.3 Å². The van der Waals surface area contributed by atoms with Crippen LogP contribution in [0.2, 0.25) is 5.02 Å². The lowest BCUT2D eigenvalue weighted by molar-refractivity contribution is -0.121. The van der Waals surface area contributed by atoms with Gasteiger partial charge in [0.2, 0.25) is 11.8 Å². The maximum atomic E-state index is 12.4. The highest BCUT2D eigenvalue weighted by Gasteiger charge is 2.48. The highest BCUT2D eigenvalue weighted by molar-refractivity contribution is 7.88. The van der Waals surface area contributed by atoms with Gasteiger partial charge < -0.3 is 29.4 Å². The Kier molecular flexibility index (Phi) is 15.9. The van der Waals surface area contributed by atoms with Crippen LogP contribution in [-0.2, 0) is 42.0 Å². The number of nitrogens with zero attached hydrogens (tertiary/aromatic N) is 1. The second kappa shape index (κ2) is 19.0. The Labute approximate surface area is 274 Å². The van der Waals surface area contributed by atoms with Crippen LogP contribution >= 0.6 is 11.6 Å². The number of aliphatic hydroxyl groups excluding tert-OH is 1. The zero-order valence-electron chi connectivity index (χ0n) is 25.5. The molecule has 0 atom stereocenters. The first-order valence-electron chi connectivity index (χ1n) is 14.0. The van der Waals surface area contributed by atoms with Gasteiger partial charge in [-0.25, -0.2) is 0 Å². The van der Waals surface area contributed by atoms with E-state index < -0.39 is 27.3 Å². The molecule has 258 valence electrons. The summed E-state index contributed by atoms with van der Waals surface area (Å²) in [7, 11) is -4.20. The predicted octanol–water partition coefficient (Wildman–Crippen LogP) is 3.03. The molecule has 3 N–H and O–H groups in total. The summed E-state index contributed by atoms with van der Waals surface area (Å²) in [6.45, 7) is 3.21. The standard InChI is InChI=1S/C17H20N2O3.C13H15ClF3NO6S/c1-13-15(12-16(20)18-9-11-22-2)8-10-19(13)17(21)14-6-4-3-5-7-14;14-11-8-10(24-25(21,22)13(15,16)17)2-1-9(11)7-12(20)18-3-5-23-6-4-19/h3-8,10H,9,11-12H2,1-2H3,(H,18,20);1-2,8,19H,3-7H2,(H,18,20). The van der Waals surface area contributed by atoms with E-state index in [1.807, 2.05) is 31.2 Å². The fraction of sp³-hybridized carbons (Fsp3) is 0.367. The van der Waals surface area contributed by atoms with E-state index in [1.54, 1.807) is 30.0 Å². The number of benzene rings is 2. The summed E-state index contributed by atoms with van der Waals surface area (Å²) in [5, 5.41) is 13.7. The highest BCUT2D eigenvalue weighted by Crippen LogP contribution is 2.29. The van der Waals surface area contributed by atoms with Crippen molar-refractivity contribution in [3.8, 4) is 5.75 Å². The van der Waals surface area contributed by atoms with E-state index in [4.69, 9.17) is 26.2 Å². The lowest BCUT2D eigenvalue weighted by Gasteiger charge is -2.11. The van der Waals surface area contributed by atoms with Crippen molar-refractivity contribution in [3.63, 3.8) is 0 Å². The first-order chi connectivity index (χ1) is 22.2. The summed E-state index contributed by atoms with van der Waals surface area (Å²) in [5.41, 5.74) is -3.03.